The molecule has 5 N–H and O–H groups in total. The Balaban J connectivity index is 1.43. The van der Waals surface area contributed by atoms with Gasteiger partial charge in [0.25, 0.3) is 40.5 Å². The van der Waals surface area contributed by atoms with E-state index in [1.54, 1.807) is 36.4 Å². The lowest BCUT2D eigenvalue weighted by molar-refractivity contribution is -0.433. The fourth-order valence-corrected chi connectivity index (χ4v) is 11.6. The maximum Gasteiger partial charge on any atom is 0.337 e. The van der Waals surface area contributed by atoms with Crippen molar-refractivity contribution in [2.75, 3.05) is 18.0 Å². The second-order valence-electron chi connectivity index (χ2n) is 16.2. The van der Waals surface area contributed by atoms with E-state index in [0.717, 1.165) is 12.1 Å². The molecule has 0 radical (unpaired) electrons. The number of rotatable bonds is 11. The Morgan fingerprint density at radius 3 is 1.72 bits per heavy atom. The maximum atomic E-state index is 12.5. The number of carbonyl (C=O) groups is 1. The van der Waals surface area contributed by atoms with Gasteiger partial charge in [0.05, 0.1) is 26.5 Å². The zero-order chi connectivity index (χ0) is 47.3. The molecule has 0 unspecified atom stereocenters. The summed E-state index contributed by atoms with van der Waals surface area (Å²) in [6.07, 6.45) is 8.24. The quantitative estimate of drug-likeness (QED) is 0.0517. The molecule has 0 saturated heterocycles. The van der Waals surface area contributed by atoms with Crippen LogP contribution >= 0.6 is 0 Å². The average molecular weight is 953 g/mol. The van der Waals surface area contributed by atoms with E-state index in [4.69, 9.17) is 0 Å². The smallest absolute Gasteiger partial charge is 0.337 e. The van der Waals surface area contributed by atoms with Crippen LogP contribution in [0.1, 0.15) is 68.7 Å². The van der Waals surface area contributed by atoms with Crippen LogP contribution in [0.2, 0.25) is 0 Å². The molecule has 0 spiro atoms. The van der Waals surface area contributed by atoms with Crippen molar-refractivity contribution in [1.82, 2.24) is 4.98 Å². The van der Waals surface area contributed by atoms with Crippen LogP contribution in [0.5, 0.6) is 0 Å². The molecule has 0 fully saturated rings. The van der Waals surface area contributed by atoms with Gasteiger partial charge in [0.2, 0.25) is 5.69 Å². The van der Waals surface area contributed by atoms with E-state index in [1.807, 2.05) is 51.0 Å². The van der Waals surface area contributed by atoms with Crippen LogP contribution in [0.3, 0.4) is 0 Å². The summed E-state index contributed by atoms with van der Waals surface area (Å²) in [6.45, 7) is 11.8. The number of likely N-dealkylation sites (N-methyl/N-ethyl adjacent to an activating group) is 1. The molecular formula is C43H42N3O14S4+. The number of nitrogens with zero attached hydrogens (tertiary/aromatic N) is 3. The van der Waals surface area contributed by atoms with E-state index in [-0.39, 0.29) is 27.1 Å². The number of fused-ring (bicyclic) bond motifs is 6. The molecule has 64 heavy (non-hydrogen) atoms. The number of hydrogen-bond donors (Lipinski definition) is 5. The first-order valence-electron chi connectivity index (χ1n) is 19.4. The predicted molar refractivity (Wildman–Crippen MR) is 238 cm³/mol. The minimum absolute atomic E-state index is 0.0230. The molecule has 2 aliphatic rings. The van der Waals surface area contributed by atoms with Gasteiger partial charge < -0.3 is 10.0 Å². The van der Waals surface area contributed by atoms with E-state index in [1.165, 1.54) is 30.5 Å². The topological polar surface area (TPSA) is 274 Å². The van der Waals surface area contributed by atoms with E-state index < -0.39 is 76.9 Å². The number of anilines is 1. The van der Waals surface area contributed by atoms with E-state index >= 15 is 0 Å². The fraction of sp³-hybridized carbons (Fsp3) is 0.233. The fourth-order valence-electron chi connectivity index (χ4n) is 8.94. The molecule has 0 amide bonds. The summed E-state index contributed by atoms with van der Waals surface area (Å²) < 4.78 is 142. The van der Waals surface area contributed by atoms with Crippen LogP contribution in [0.15, 0.2) is 116 Å². The summed E-state index contributed by atoms with van der Waals surface area (Å²) in [5.41, 5.74) is 2.25. The lowest BCUT2D eigenvalue weighted by Gasteiger charge is -2.26. The molecular weight excluding hydrogens is 911 g/mol. The molecule has 5 aromatic rings. The van der Waals surface area contributed by atoms with Crippen molar-refractivity contribution in [3.05, 3.63) is 119 Å². The molecule has 0 atom stereocenters. The standard InChI is InChI=1S/C43H41N3O14S4/c1-7-45-33-15-12-28-30(19-26(61(49,50)51)21-35(28)63(55,56)57)39(33)42(3,4)37(45)17-10-24(32-14-9-25(23-44-32)41(47)48)11-18-38-43(5,6)40-31-20-27(62(52,53)54)22-36(64(58,59)60)29(31)13-16-34(40)46(38)8-2/h9-23H,7-8H2,1-6H3,(H4-,47,48,49,50,51,52,53,54,55,56,57,58,59,60)/p+1. The highest BCUT2D eigenvalue weighted by molar-refractivity contribution is 7.87. The summed E-state index contributed by atoms with van der Waals surface area (Å²) in [6, 6.07) is 12.8. The maximum absolute atomic E-state index is 12.5. The Morgan fingerprint density at radius 1 is 0.703 bits per heavy atom. The van der Waals surface area contributed by atoms with Crippen molar-refractivity contribution in [1.29, 1.82) is 0 Å². The van der Waals surface area contributed by atoms with Crippen LogP contribution in [0.4, 0.5) is 11.4 Å². The Bertz CT molecular complexity index is 3480. The van der Waals surface area contributed by atoms with Crippen LogP contribution in [0.25, 0.3) is 27.1 Å². The molecule has 1 aromatic heterocycles. The summed E-state index contributed by atoms with van der Waals surface area (Å²) in [5, 5.41) is 9.98. The highest BCUT2D eigenvalue weighted by Gasteiger charge is 2.46. The molecule has 0 saturated carbocycles. The highest BCUT2D eigenvalue weighted by atomic mass is 32.2. The minimum Gasteiger partial charge on any atom is -0.478 e. The molecule has 17 nitrogen and oxygen atoms in total. The number of carboxylic acids is 1. The van der Waals surface area contributed by atoms with Gasteiger partial charge in [-0.25, -0.2) is 4.79 Å². The second-order valence-corrected chi connectivity index (χ2v) is 21.8. The van der Waals surface area contributed by atoms with Crippen LogP contribution in [-0.2, 0) is 51.3 Å². The van der Waals surface area contributed by atoms with Crippen LogP contribution < -0.4 is 4.90 Å². The average Bonchev–Trinajstić information content (AvgIpc) is 3.56. The summed E-state index contributed by atoms with van der Waals surface area (Å²) >= 11 is 0. The second kappa shape index (κ2) is 15.5. The predicted octanol–water partition coefficient (Wildman–Crippen LogP) is 6.81. The number of carboxylic acid groups (broad SMARTS) is 1. The number of hydrogen-bond acceptors (Lipinski definition) is 11. The first kappa shape index (κ1) is 46.3. The molecule has 0 bridgehead atoms. The van der Waals surface area contributed by atoms with E-state index in [9.17, 15) is 61.8 Å². The Labute approximate surface area is 369 Å². The largest absolute Gasteiger partial charge is 0.478 e. The van der Waals surface area contributed by atoms with Crippen molar-refractivity contribution < 1.29 is 66.4 Å². The third-order valence-corrected chi connectivity index (χ3v) is 15.2. The van der Waals surface area contributed by atoms with Gasteiger partial charge in [-0.3, -0.25) is 23.2 Å². The summed E-state index contributed by atoms with van der Waals surface area (Å²) in [4.78, 5) is 15.3. The van der Waals surface area contributed by atoms with Gasteiger partial charge in [-0.1, -0.05) is 26.0 Å². The van der Waals surface area contributed by atoms with Gasteiger partial charge >= 0.3 is 5.97 Å². The Morgan fingerprint density at radius 2 is 1.25 bits per heavy atom. The lowest BCUT2D eigenvalue weighted by atomic mass is 9.79. The molecule has 3 heterocycles. The van der Waals surface area contributed by atoms with Gasteiger partial charge in [0.1, 0.15) is 16.3 Å². The van der Waals surface area contributed by atoms with Crippen molar-refractivity contribution in [2.45, 2.75) is 72.0 Å². The zero-order valence-corrected chi connectivity index (χ0v) is 38.2. The van der Waals surface area contributed by atoms with Crippen molar-refractivity contribution >= 4 is 90.6 Å². The number of pyridine rings is 1. The molecule has 2 aliphatic heterocycles. The van der Waals surface area contributed by atoms with Crippen molar-refractivity contribution in [3.63, 3.8) is 0 Å². The Kier molecular flexibility index (Phi) is 11.2. The van der Waals surface area contributed by atoms with Gasteiger partial charge in [-0.15, -0.1) is 0 Å². The lowest BCUT2D eigenvalue weighted by Crippen LogP contribution is -2.28. The van der Waals surface area contributed by atoms with Gasteiger partial charge in [0.15, 0.2) is 5.71 Å². The van der Waals surface area contributed by atoms with Gasteiger partial charge in [-0.05, 0) is 105 Å². The summed E-state index contributed by atoms with van der Waals surface area (Å²) in [7, 11) is -19.8. The first-order valence-corrected chi connectivity index (χ1v) is 25.1. The van der Waals surface area contributed by atoms with Crippen LogP contribution in [-0.4, -0.2) is 91.3 Å². The number of aromatic nitrogens is 1. The highest BCUT2D eigenvalue weighted by Crippen LogP contribution is 2.52. The van der Waals surface area contributed by atoms with Crippen LogP contribution in [0, 0.1) is 0 Å². The third-order valence-electron chi connectivity index (χ3n) is 11.7. The van der Waals surface area contributed by atoms with E-state index in [0.29, 0.717) is 70.4 Å². The number of allylic oxidation sites excluding steroid dienone is 6. The van der Waals surface area contributed by atoms with Gasteiger partial charge in [0, 0.05) is 63.6 Å². The molecule has 21 heteroatoms. The number of aromatic carboxylic acids is 1. The molecule has 7 rings (SSSR count). The van der Waals surface area contributed by atoms with E-state index in [2.05, 4.69) is 4.98 Å². The normalized spacial score (nSPS) is 17.2. The first-order chi connectivity index (χ1) is 29.5. The number of benzene rings is 4. The third kappa shape index (κ3) is 7.84. The van der Waals surface area contributed by atoms with Crippen molar-refractivity contribution in [2.24, 2.45) is 0 Å². The van der Waals surface area contributed by atoms with Crippen molar-refractivity contribution in [3.8, 4) is 0 Å². The molecule has 336 valence electrons. The summed E-state index contributed by atoms with van der Waals surface area (Å²) in [5.74, 6) is -1.20. The zero-order valence-electron chi connectivity index (χ0n) is 35.0. The van der Waals surface area contributed by atoms with Gasteiger partial charge in [-0.2, -0.15) is 38.2 Å². The monoisotopic (exact) mass is 952 g/mol. The molecule has 4 aromatic carbocycles. The Hall–Kier alpha value is -5.65. The molecule has 0 aliphatic carbocycles. The SMILES string of the molecule is CCN1/C(=C/C=C(/C=C/C2=[N+](CC)c3ccc4c(S(=O)(=O)O)cc(S(=O)(=O)O)cc4c3C2(C)C)c2ccc(C(=O)O)cn2)C(C)(C)c2c1ccc1c(S(=O)(=O)O)cc(S(=O)(=O)O)cc21. The minimum atomic E-state index is -4.97.